The number of hydrogen-bond donors (Lipinski definition) is 0. The molecule has 1 aromatic heterocycles. The molecule has 84 valence electrons. The standard InChI is InChI=1S/C8H9F4N3/c1-15(3-2-8(10,11)12)7-4-6(9)13-5-14-7/h4-5H,2-3H2,1H3. The van der Waals surface area contributed by atoms with E-state index in [1.165, 1.54) is 11.9 Å². The highest BCUT2D eigenvalue weighted by atomic mass is 19.4. The summed E-state index contributed by atoms with van der Waals surface area (Å²) >= 11 is 0. The second-order valence-electron chi connectivity index (χ2n) is 2.99. The highest BCUT2D eigenvalue weighted by Crippen LogP contribution is 2.20. The van der Waals surface area contributed by atoms with Crippen LogP contribution in [0, 0.1) is 5.95 Å². The van der Waals surface area contributed by atoms with Crippen LogP contribution in [0.4, 0.5) is 23.4 Å². The SMILES string of the molecule is CN(CCC(F)(F)F)c1cc(F)ncn1. The first-order valence-corrected chi connectivity index (χ1v) is 4.14. The van der Waals surface area contributed by atoms with Gasteiger partial charge in [-0.15, -0.1) is 0 Å². The molecular formula is C8H9F4N3. The molecule has 15 heavy (non-hydrogen) atoms. The number of anilines is 1. The summed E-state index contributed by atoms with van der Waals surface area (Å²) in [6.45, 7) is -0.264. The van der Waals surface area contributed by atoms with Gasteiger partial charge in [0.15, 0.2) is 0 Å². The molecule has 0 unspecified atom stereocenters. The fourth-order valence-electron chi connectivity index (χ4n) is 0.942. The fraction of sp³-hybridized carbons (Fsp3) is 0.500. The van der Waals surface area contributed by atoms with E-state index in [0.717, 1.165) is 12.4 Å². The molecule has 0 bridgehead atoms. The molecule has 0 N–H and O–H groups in total. The van der Waals surface area contributed by atoms with Crippen LogP contribution < -0.4 is 4.90 Å². The Labute approximate surface area is 83.8 Å². The molecule has 0 amide bonds. The molecule has 0 atom stereocenters. The van der Waals surface area contributed by atoms with Gasteiger partial charge in [0, 0.05) is 19.7 Å². The Morgan fingerprint density at radius 2 is 2.00 bits per heavy atom. The minimum Gasteiger partial charge on any atom is -0.359 e. The zero-order valence-corrected chi connectivity index (χ0v) is 7.92. The number of hydrogen-bond acceptors (Lipinski definition) is 3. The van der Waals surface area contributed by atoms with Crippen molar-refractivity contribution in [2.24, 2.45) is 0 Å². The second kappa shape index (κ2) is 4.41. The molecular weight excluding hydrogens is 214 g/mol. The summed E-state index contributed by atoms with van der Waals surface area (Å²) in [7, 11) is 1.41. The third-order valence-electron chi connectivity index (χ3n) is 1.74. The van der Waals surface area contributed by atoms with Gasteiger partial charge in [-0.25, -0.2) is 9.97 Å². The van der Waals surface area contributed by atoms with E-state index >= 15 is 0 Å². The van der Waals surface area contributed by atoms with Crippen LogP contribution >= 0.6 is 0 Å². The maximum absolute atomic E-state index is 12.6. The van der Waals surface area contributed by atoms with Crippen LogP contribution in [-0.2, 0) is 0 Å². The van der Waals surface area contributed by atoms with Gasteiger partial charge in [0.2, 0.25) is 5.95 Å². The van der Waals surface area contributed by atoms with Crippen LogP contribution in [0.15, 0.2) is 12.4 Å². The number of halogens is 4. The Balaban J connectivity index is 2.58. The third-order valence-corrected chi connectivity index (χ3v) is 1.74. The molecule has 3 nitrogen and oxygen atoms in total. The summed E-state index contributed by atoms with van der Waals surface area (Å²) in [4.78, 5) is 8.07. The van der Waals surface area contributed by atoms with Crippen LogP contribution in [-0.4, -0.2) is 29.7 Å². The van der Waals surface area contributed by atoms with Gasteiger partial charge in [-0.1, -0.05) is 0 Å². The van der Waals surface area contributed by atoms with Gasteiger partial charge in [-0.05, 0) is 0 Å². The molecule has 0 aromatic carbocycles. The summed E-state index contributed by atoms with van der Waals surface area (Å²) < 4.78 is 48.2. The first kappa shape index (κ1) is 11.7. The number of nitrogens with zero attached hydrogens (tertiary/aromatic N) is 3. The Kier molecular flexibility index (Phi) is 3.43. The molecule has 0 fully saturated rings. The van der Waals surface area contributed by atoms with Crippen molar-refractivity contribution in [1.29, 1.82) is 0 Å². The molecule has 0 saturated heterocycles. The van der Waals surface area contributed by atoms with Gasteiger partial charge in [0.1, 0.15) is 12.1 Å². The molecule has 1 heterocycles. The molecule has 0 spiro atoms. The Bertz CT molecular complexity index is 326. The number of alkyl halides is 3. The first-order valence-electron chi connectivity index (χ1n) is 4.14. The van der Waals surface area contributed by atoms with Crippen molar-refractivity contribution in [2.45, 2.75) is 12.6 Å². The average Bonchev–Trinajstić information content (AvgIpc) is 2.13. The lowest BCUT2D eigenvalue weighted by Gasteiger charge is -2.18. The summed E-state index contributed by atoms with van der Waals surface area (Å²) in [5.41, 5.74) is 0. The van der Waals surface area contributed by atoms with E-state index in [1.807, 2.05) is 0 Å². The van der Waals surface area contributed by atoms with Crippen molar-refractivity contribution >= 4 is 5.82 Å². The molecule has 0 aliphatic rings. The lowest BCUT2D eigenvalue weighted by Crippen LogP contribution is -2.24. The van der Waals surface area contributed by atoms with Crippen LogP contribution in [0.2, 0.25) is 0 Å². The maximum atomic E-state index is 12.6. The van der Waals surface area contributed by atoms with Crippen LogP contribution in [0.25, 0.3) is 0 Å². The fourth-order valence-corrected chi connectivity index (χ4v) is 0.942. The van der Waals surface area contributed by atoms with Gasteiger partial charge in [0.25, 0.3) is 0 Å². The zero-order valence-electron chi connectivity index (χ0n) is 7.92. The van der Waals surface area contributed by atoms with Crippen molar-refractivity contribution < 1.29 is 17.6 Å². The van der Waals surface area contributed by atoms with Crippen molar-refractivity contribution in [3.63, 3.8) is 0 Å². The minimum atomic E-state index is -4.22. The Hall–Kier alpha value is -1.40. The quantitative estimate of drug-likeness (QED) is 0.579. The van der Waals surface area contributed by atoms with Crippen molar-refractivity contribution in [1.82, 2.24) is 9.97 Å². The summed E-state index contributed by atoms with van der Waals surface area (Å²) in [5, 5.41) is 0. The van der Waals surface area contributed by atoms with E-state index in [9.17, 15) is 17.6 Å². The molecule has 7 heteroatoms. The molecule has 1 aromatic rings. The van der Waals surface area contributed by atoms with E-state index in [0.29, 0.717) is 0 Å². The zero-order chi connectivity index (χ0) is 11.5. The number of aromatic nitrogens is 2. The van der Waals surface area contributed by atoms with E-state index in [4.69, 9.17) is 0 Å². The lowest BCUT2D eigenvalue weighted by molar-refractivity contribution is -0.132. The van der Waals surface area contributed by atoms with Crippen LogP contribution in [0.1, 0.15) is 6.42 Å². The van der Waals surface area contributed by atoms with Gasteiger partial charge >= 0.3 is 6.18 Å². The average molecular weight is 223 g/mol. The van der Waals surface area contributed by atoms with Crippen molar-refractivity contribution in [3.8, 4) is 0 Å². The van der Waals surface area contributed by atoms with E-state index in [1.54, 1.807) is 0 Å². The monoisotopic (exact) mass is 223 g/mol. The summed E-state index contributed by atoms with van der Waals surface area (Å²) in [5.74, 6) is -0.634. The molecule has 0 saturated carbocycles. The topological polar surface area (TPSA) is 29.0 Å². The molecule has 0 radical (unpaired) electrons. The second-order valence-corrected chi connectivity index (χ2v) is 2.99. The van der Waals surface area contributed by atoms with Gasteiger partial charge in [0.05, 0.1) is 6.42 Å². The summed E-state index contributed by atoms with van der Waals surface area (Å²) in [6, 6.07) is 0.983. The lowest BCUT2D eigenvalue weighted by atomic mass is 10.4. The Morgan fingerprint density at radius 3 is 2.53 bits per heavy atom. The summed E-state index contributed by atoms with van der Waals surface area (Å²) in [6.07, 6.45) is -4.22. The normalized spacial score (nSPS) is 11.5. The van der Waals surface area contributed by atoms with E-state index < -0.39 is 18.5 Å². The number of rotatable bonds is 3. The smallest absolute Gasteiger partial charge is 0.359 e. The first-order chi connectivity index (χ1) is 6.88. The highest BCUT2D eigenvalue weighted by molar-refractivity contribution is 5.35. The van der Waals surface area contributed by atoms with Crippen molar-refractivity contribution in [3.05, 3.63) is 18.3 Å². The molecule has 0 aliphatic carbocycles. The molecule has 0 aliphatic heterocycles. The van der Waals surface area contributed by atoms with E-state index in [2.05, 4.69) is 9.97 Å². The van der Waals surface area contributed by atoms with Crippen LogP contribution in [0.5, 0.6) is 0 Å². The minimum absolute atomic E-state index is 0.131. The van der Waals surface area contributed by atoms with Gasteiger partial charge in [-0.2, -0.15) is 17.6 Å². The highest BCUT2D eigenvalue weighted by Gasteiger charge is 2.27. The van der Waals surface area contributed by atoms with Crippen molar-refractivity contribution in [2.75, 3.05) is 18.5 Å². The van der Waals surface area contributed by atoms with Crippen LogP contribution in [0.3, 0.4) is 0 Å². The third kappa shape index (κ3) is 4.09. The predicted octanol–water partition coefficient (Wildman–Crippen LogP) is 2.00. The predicted molar refractivity (Wildman–Crippen MR) is 45.9 cm³/mol. The van der Waals surface area contributed by atoms with Gasteiger partial charge in [-0.3, -0.25) is 0 Å². The molecule has 1 rings (SSSR count). The maximum Gasteiger partial charge on any atom is 0.390 e. The Morgan fingerprint density at radius 1 is 1.33 bits per heavy atom. The largest absolute Gasteiger partial charge is 0.390 e. The van der Waals surface area contributed by atoms with E-state index in [-0.39, 0.29) is 12.4 Å². The van der Waals surface area contributed by atoms with Gasteiger partial charge < -0.3 is 4.90 Å².